The average Bonchev–Trinajstić information content (AvgIpc) is 2.46. The number of hydrogen-bond donors (Lipinski definition) is 0. The Morgan fingerprint density at radius 2 is 1.48 bits per heavy atom. The quantitative estimate of drug-likeness (QED) is 0.605. The maximum absolute atomic E-state index is 12.4. The SMILES string of the molecule is CC(C)N(C)S(=O)(=O)c1ccc(CN=C(N(C)C)N(C)C)cc1. The molecule has 0 aliphatic heterocycles. The lowest BCUT2D eigenvalue weighted by molar-refractivity contribution is 0.410. The molecule has 23 heavy (non-hydrogen) atoms. The summed E-state index contributed by atoms with van der Waals surface area (Å²) in [5.74, 6) is 0.862. The molecule has 0 atom stereocenters. The third-order valence-electron chi connectivity index (χ3n) is 3.53. The molecule has 0 heterocycles. The summed E-state index contributed by atoms with van der Waals surface area (Å²) in [6.07, 6.45) is 0. The Morgan fingerprint density at radius 1 is 1.00 bits per heavy atom. The van der Waals surface area contributed by atoms with Crippen molar-refractivity contribution in [2.45, 2.75) is 31.3 Å². The van der Waals surface area contributed by atoms with Crippen LogP contribution in [0.25, 0.3) is 0 Å². The Morgan fingerprint density at radius 3 is 1.87 bits per heavy atom. The van der Waals surface area contributed by atoms with Crippen LogP contribution in [-0.4, -0.2) is 69.8 Å². The van der Waals surface area contributed by atoms with Gasteiger partial charge < -0.3 is 9.80 Å². The zero-order valence-corrected chi connectivity index (χ0v) is 15.9. The van der Waals surface area contributed by atoms with Crippen molar-refractivity contribution in [3.05, 3.63) is 29.8 Å². The Bertz CT molecular complexity index is 625. The molecule has 0 fully saturated rings. The van der Waals surface area contributed by atoms with E-state index in [0.717, 1.165) is 11.5 Å². The maximum Gasteiger partial charge on any atom is 0.243 e. The molecule has 0 radical (unpaired) electrons. The fraction of sp³-hybridized carbons (Fsp3) is 0.562. The van der Waals surface area contributed by atoms with E-state index in [1.165, 1.54) is 4.31 Å². The van der Waals surface area contributed by atoms with Crippen molar-refractivity contribution in [2.75, 3.05) is 35.2 Å². The number of rotatable bonds is 5. The van der Waals surface area contributed by atoms with E-state index in [-0.39, 0.29) is 6.04 Å². The Hall–Kier alpha value is -1.60. The highest BCUT2D eigenvalue weighted by Gasteiger charge is 2.22. The number of sulfonamides is 1. The molecule has 7 heteroatoms. The molecule has 130 valence electrons. The lowest BCUT2D eigenvalue weighted by Gasteiger charge is -2.22. The molecule has 0 unspecified atom stereocenters. The summed E-state index contributed by atoms with van der Waals surface area (Å²) in [6, 6.07) is 6.83. The standard InChI is InChI=1S/C16H28N4O2S/c1-13(2)20(7)23(21,22)15-10-8-14(9-11-15)12-17-16(18(3)4)19(5)6/h8-11,13H,12H2,1-7H3. The van der Waals surface area contributed by atoms with Gasteiger partial charge in [-0.05, 0) is 31.5 Å². The molecule has 0 saturated carbocycles. The summed E-state index contributed by atoms with van der Waals surface area (Å²) in [7, 11) is 5.93. The zero-order valence-electron chi connectivity index (χ0n) is 15.1. The normalized spacial score (nSPS) is 11.7. The van der Waals surface area contributed by atoms with Crippen LogP contribution in [0.4, 0.5) is 0 Å². The first-order valence-corrected chi connectivity index (χ1v) is 8.97. The second-order valence-electron chi connectivity index (χ2n) is 6.16. The van der Waals surface area contributed by atoms with Crippen LogP contribution >= 0.6 is 0 Å². The number of benzene rings is 1. The minimum atomic E-state index is -3.43. The van der Waals surface area contributed by atoms with Crippen molar-refractivity contribution in [3.8, 4) is 0 Å². The molecule has 0 amide bonds. The Labute approximate surface area is 140 Å². The van der Waals surface area contributed by atoms with Gasteiger partial charge in [0.15, 0.2) is 5.96 Å². The molecule has 6 nitrogen and oxygen atoms in total. The monoisotopic (exact) mass is 340 g/mol. The highest BCUT2D eigenvalue weighted by molar-refractivity contribution is 7.89. The largest absolute Gasteiger partial charge is 0.349 e. The van der Waals surface area contributed by atoms with Gasteiger partial charge in [-0.1, -0.05) is 12.1 Å². The van der Waals surface area contributed by atoms with Crippen LogP contribution in [0.15, 0.2) is 34.2 Å². The van der Waals surface area contributed by atoms with Gasteiger partial charge in [0, 0.05) is 41.3 Å². The van der Waals surface area contributed by atoms with Gasteiger partial charge in [-0.3, -0.25) is 0 Å². The fourth-order valence-corrected chi connectivity index (χ4v) is 3.42. The van der Waals surface area contributed by atoms with Crippen molar-refractivity contribution in [3.63, 3.8) is 0 Å². The summed E-state index contributed by atoms with van der Waals surface area (Å²) in [5, 5.41) is 0. The second kappa shape index (κ2) is 7.79. The highest BCUT2D eigenvalue weighted by Crippen LogP contribution is 2.17. The van der Waals surface area contributed by atoms with Crippen LogP contribution < -0.4 is 0 Å². The molecule has 0 saturated heterocycles. The van der Waals surface area contributed by atoms with E-state index in [9.17, 15) is 8.42 Å². The lowest BCUT2D eigenvalue weighted by atomic mass is 10.2. The zero-order chi connectivity index (χ0) is 17.8. The van der Waals surface area contributed by atoms with Gasteiger partial charge >= 0.3 is 0 Å². The molecule has 0 aromatic heterocycles. The van der Waals surface area contributed by atoms with Crippen molar-refractivity contribution >= 4 is 16.0 Å². The topological polar surface area (TPSA) is 56.2 Å². The summed E-state index contributed by atoms with van der Waals surface area (Å²) in [6.45, 7) is 4.21. The Kier molecular flexibility index (Phi) is 6.58. The van der Waals surface area contributed by atoms with E-state index in [0.29, 0.717) is 11.4 Å². The molecule has 1 aromatic carbocycles. The molecule has 1 rings (SSSR count). The van der Waals surface area contributed by atoms with Crippen molar-refractivity contribution < 1.29 is 8.42 Å². The summed E-state index contributed by atoms with van der Waals surface area (Å²) < 4.78 is 26.2. The van der Waals surface area contributed by atoms with Crippen LogP contribution in [0.2, 0.25) is 0 Å². The minimum absolute atomic E-state index is 0.0768. The molecular weight excluding hydrogens is 312 g/mol. The molecule has 0 bridgehead atoms. The summed E-state index contributed by atoms with van der Waals surface area (Å²) in [5.41, 5.74) is 0.970. The van der Waals surface area contributed by atoms with Crippen LogP contribution in [0.5, 0.6) is 0 Å². The molecular formula is C16H28N4O2S. The van der Waals surface area contributed by atoms with E-state index in [1.807, 2.05) is 64.0 Å². The first-order valence-electron chi connectivity index (χ1n) is 7.53. The molecule has 0 aliphatic rings. The average molecular weight is 340 g/mol. The van der Waals surface area contributed by atoms with Crippen molar-refractivity contribution in [1.29, 1.82) is 0 Å². The number of hydrogen-bond acceptors (Lipinski definition) is 3. The Balaban J connectivity index is 2.96. The van der Waals surface area contributed by atoms with Crippen LogP contribution in [0, 0.1) is 0 Å². The van der Waals surface area contributed by atoms with Gasteiger partial charge in [0.1, 0.15) is 0 Å². The van der Waals surface area contributed by atoms with E-state index in [4.69, 9.17) is 0 Å². The predicted molar refractivity (Wildman–Crippen MR) is 95.0 cm³/mol. The third kappa shape index (κ3) is 4.94. The first kappa shape index (κ1) is 19.4. The van der Waals surface area contributed by atoms with Crippen LogP contribution in [0.1, 0.15) is 19.4 Å². The first-order chi connectivity index (χ1) is 10.6. The predicted octanol–water partition coefficient (Wildman–Crippen LogP) is 1.69. The van der Waals surface area contributed by atoms with Gasteiger partial charge in [0.2, 0.25) is 10.0 Å². The van der Waals surface area contributed by atoms with Crippen molar-refractivity contribution in [2.24, 2.45) is 4.99 Å². The van der Waals surface area contributed by atoms with Gasteiger partial charge in [0.05, 0.1) is 11.4 Å². The van der Waals surface area contributed by atoms with E-state index >= 15 is 0 Å². The maximum atomic E-state index is 12.4. The van der Waals surface area contributed by atoms with E-state index in [1.54, 1.807) is 19.2 Å². The lowest BCUT2D eigenvalue weighted by Crippen LogP contribution is -2.35. The van der Waals surface area contributed by atoms with Gasteiger partial charge in [-0.25, -0.2) is 13.4 Å². The highest BCUT2D eigenvalue weighted by atomic mass is 32.2. The van der Waals surface area contributed by atoms with Gasteiger partial charge in [-0.2, -0.15) is 4.31 Å². The van der Waals surface area contributed by atoms with Crippen LogP contribution in [0.3, 0.4) is 0 Å². The van der Waals surface area contributed by atoms with Crippen LogP contribution in [-0.2, 0) is 16.6 Å². The van der Waals surface area contributed by atoms with E-state index < -0.39 is 10.0 Å². The molecule has 0 aliphatic carbocycles. The molecule has 0 spiro atoms. The smallest absolute Gasteiger partial charge is 0.243 e. The summed E-state index contributed by atoms with van der Waals surface area (Å²) >= 11 is 0. The summed E-state index contributed by atoms with van der Waals surface area (Å²) in [4.78, 5) is 8.75. The number of guanidine groups is 1. The number of aliphatic imine (C=N–C) groups is 1. The second-order valence-corrected chi connectivity index (χ2v) is 8.16. The van der Waals surface area contributed by atoms with Crippen molar-refractivity contribution in [1.82, 2.24) is 14.1 Å². The third-order valence-corrected chi connectivity index (χ3v) is 5.58. The fourth-order valence-electron chi connectivity index (χ4n) is 2.06. The number of nitrogens with zero attached hydrogens (tertiary/aromatic N) is 4. The van der Waals surface area contributed by atoms with Gasteiger partial charge in [0.25, 0.3) is 0 Å². The van der Waals surface area contributed by atoms with E-state index in [2.05, 4.69) is 4.99 Å². The van der Waals surface area contributed by atoms with Gasteiger partial charge in [-0.15, -0.1) is 0 Å². The molecule has 1 aromatic rings. The molecule has 0 N–H and O–H groups in total. The minimum Gasteiger partial charge on any atom is -0.349 e.